The average Bonchev–Trinajstić information content (AvgIpc) is 3.39. The summed E-state index contributed by atoms with van der Waals surface area (Å²) >= 11 is 1.55. The molecule has 3 aromatic heterocycles. The van der Waals surface area contributed by atoms with Gasteiger partial charge < -0.3 is 9.80 Å². The number of nitrogens with zero attached hydrogens (tertiary/aromatic N) is 7. The smallest absolute Gasteiger partial charge is 0.272 e. The monoisotopic (exact) mass is 355 g/mol. The summed E-state index contributed by atoms with van der Waals surface area (Å²) in [5, 5.41) is 13.2. The molecule has 2 aliphatic heterocycles. The molecule has 0 bridgehead atoms. The number of hydrogen-bond acceptors (Lipinski definition) is 7. The maximum absolute atomic E-state index is 13.1. The van der Waals surface area contributed by atoms with Crippen LogP contribution in [0.15, 0.2) is 30.0 Å². The van der Waals surface area contributed by atoms with Crippen molar-refractivity contribution in [2.24, 2.45) is 5.92 Å². The molecular formula is C16H17N7OS. The van der Waals surface area contributed by atoms with E-state index in [4.69, 9.17) is 0 Å². The second-order valence-corrected chi connectivity index (χ2v) is 7.35. The number of carbonyl (C=O) groups is 1. The Balaban J connectivity index is 1.41. The van der Waals surface area contributed by atoms with E-state index < -0.39 is 0 Å². The molecule has 25 heavy (non-hydrogen) atoms. The van der Waals surface area contributed by atoms with Crippen LogP contribution in [0.3, 0.4) is 0 Å². The van der Waals surface area contributed by atoms with E-state index in [9.17, 15) is 4.79 Å². The van der Waals surface area contributed by atoms with Gasteiger partial charge in [-0.3, -0.25) is 4.79 Å². The Morgan fingerprint density at radius 2 is 2.24 bits per heavy atom. The van der Waals surface area contributed by atoms with E-state index in [1.165, 1.54) is 0 Å². The Kier molecular flexibility index (Phi) is 3.40. The number of rotatable bonds is 2. The zero-order chi connectivity index (χ0) is 16.8. The fourth-order valence-electron chi connectivity index (χ4n) is 3.97. The van der Waals surface area contributed by atoms with E-state index in [2.05, 4.69) is 25.2 Å². The van der Waals surface area contributed by atoms with Gasteiger partial charge in [0.15, 0.2) is 5.65 Å². The molecule has 8 nitrogen and oxygen atoms in total. The Bertz CT molecular complexity index is 908. The highest BCUT2D eigenvalue weighted by atomic mass is 32.1. The number of carbonyl (C=O) groups excluding carboxylic acids is 1. The maximum Gasteiger partial charge on any atom is 0.272 e. The molecule has 5 rings (SSSR count). The molecule has 2 aliphatic rings. The van der Waals surface area contributed by atoms with Crippen molar-refractivity contribution in [3.05, 3.63) is 35.7 Å². The van der Waals surface area contributed by atoms with Crippen LogP contribution in [-0.4, -0.2) is 61.3 Å². The van der Waals surface area contributed by atoms with Crippen LogP contribution >= 0.6 is 11.3 Å². The van der Waals surface area contributed by atoms with Gasteiger partial charge in [-0.1, -0.05) is 11.3 Å². The Morgan fingerprint density at radius 3 is 3.12 bits per heavy atom. The molecule has 0 unspecified atom stereocenters. The second kappa shape index (κ2) is 5.76. The fraction of sp³-hybridized carbons (Fsp3) is 0.438. The van der Waals surface area contributed by atoms with Gasteiger partial charge in [-0.15, -0.1) is 10.2 Å². The summed E-state index contributed by atoms with van der Waals surface area (Å²) < 4.78 is 1.67. The summed E-state index contributed by atoms with van der Waals surface area (Å²) in [5.41, 5.74) is 2.94. The molecule has 1 amide bonds. The zero-order valence-corrected chi connectivity index (χ0v) is 14.3. The molecule has 0 spiro atoms. The van der Waals surface area contributed by atoms with Gasteiger partial charge in [0.1, 0.15) is 11.2 Å². The van der Waals surface area contributed by atoms with Crippen molar-refractivity contribution in [1.29, 1.82) is 0 Å². The highest BCUT2D eigenvalue weighted by molar-refractivity contribution is 7.13. The molecule has 0 aromatic carbocycles. The molecule has 9 heteroatoms. The first kappa shape index (κ1) is 14.8. The van der Waals surface area contributed by atoms with Crippen molar-refractivity contribution in [2.75, 3.05) is 24.5 Å². The molecule has 3 aromatic rings. The minimum Gasteiger partial charge on any atom is -0.344 e. The van der Waals surface area contributed by atoms with Crippen molar-refractivity contribution in [3.63, 3.8) is 0 Å². The lowest BCUT2D eigenvalue weighted by Gasteiger charge is -2.36. The van der Waals surface area contributed by atoms with E-state index in [1.54, 1.807) is 39.8 Å². The molecule has 2 atom stereocenters. The first-order chi connectivity index (χ1) is 12.3. The van der Waals surface area contributed by atoms with Gasteiger partial charge in [0.25, 0.3) is 5.91 Å². The van der Waals surface area contributed by atoms with Crippen LogP contribution in [-0.2, 0) is 0 Å². The second-order valence-electron chi connectivity index (χ2n) is 6.54. The lowest BCUT2D eigenvalue weighted by atomic mass is 9.92. The van der Waals surface area contributed by atoms with E-state index in [0.29, 0.717) is 17.3 Å². The van der Waals surface area contributed by atoms with Crippen LogP contribution in [0.25, 0.3) is 5.65 Å². The van der Waals surface area contributed by atoms with Gasteiger partial charge in [-0.2, -0.15) is 5.10 Å². The molecule has 128 valence electrons. The van der Waals surface area contributed by atoms with Crippen LogP contribution in [0.2, 0.25) is 0 Å². The van der Waals surface area contributed by atoms with Gasteiger partial charge in [0.2, 0.25) is 5.13 Å². The number of piperidine rings is 1. The van der Waals surface area contributed by atoms with E-state index in [-0.39, 0.29) is 11.9 Å². The predicted molar refractivity (Wildman–Crippen MR) is 92.7 cm³/mol. The predicted octanol–water partition coefficient (Wildman–Crippen LogP) is 1.32. The van der Waals surface area contributed by atoms with Crippen molar-refractivity contribution < 1.29 is 4.79 Å². The maximum atomic E-state index is 13.1. The zero-order valence-electron chi connectivity index (χ0n) is 13.5. The van der Waals surface area contributed by atoms with Gasteiger partial charge in [0, 0.05) is 31.9 Å². The lowest BCUT2D eigenvalue weighted by molar-refractivity contribution is 0.0569. The van der Waals surface area contributed by atoms with Crippen LogP contribution in [0.4, 0.5) is 5.13 Å². The summed E-state index contributed by atoms with van der Waals surface area (Å²) in [6.07, 6.45) is 5.66. The molecule has 2 saturated heterocycles. The van der Waals surface area contributed by atoms with Crippen molar-refractivity contribution in [2.45, 2.75) is 18.9 Å². The number of hydrogen-bond donors (Lipinski definition) is 0. The first-order valence-electron chi connectivity index (χ1n) is 8.42. The molecule has 2 fully saturated rings. The number of fused-ring (bicyclic) bond motifs is 2. The van der Waals surface area contributed by atoms with Gasteiger partial charge in [-0.05, 0) is 24.8 Å². The molecule has 0 aliphatic carbocycles. The quantitative estimate of drug-likeness (QED) is 0.690. The van der Waals surface area contributed by atoms with Crippen molar-refractivity contribution in [1.82, 2.24) is 29.7 Å². The summed E-state index contributed by atoms with van der Waals surface area (Å²) in [6.45, 7) is 2.55. The largest absolute Gasteiger partial charge is 0.344 e. The first-order valence-corrected chi connectivity index (χ1v) is 9.30. The summed E-state index contributed by atoms with van der Waals surface area (Å²) in [6, 6.07) is 3.78. The molecular weight excluding hydrogens is 338 g/mol. The van der Waals surface area contributed by atoms with Crippen molar-refractivity contribution >= 4 is 28.0 Å². The third-order valence-electron chi connectivity index (χ3n) is 5.14. The topological polar surface area (TPSA) is 79.5 Å². The SMILES string of the molecule is O=C(c1ccn2nccc2n1)N1CCC[C@H]2CN(c3nncs3)C[C@H]21. The van der Waals surface area contributed by atoms with Gasteiger partial charge in [-0.25, -0.2) is 9.50 Å². The number of anilines is 1. The van der Waals surface area contributed by atoms with E-state index in [1.807, 2.05) is 11.0 Å². The molecule has 0 radical (unpaired) electrons. The third kappa shape index (κ3) is 2.46. The van der Waals surface area contributed by atoms with Crippen LogP contribution < -0.4 is 4.90 Å². The highest BCUT2D eigenvalue weighted by Crippen LogP contribution is 2.34. The molecule has 0 saturated carbocycles. The standard InChI is InChI=1S/C16H17N7OS/c24-15(12-4-7-23-14(19-12)3-5-18-23)22-6-1-2-11-8-21(9-13(11)22)16-20-17-10-25-16/h3-5,7,10-11,13H,1-2,6,8-9H2/t11-,13+/m0/s1. The number of likely N-dealkylation sites (tertiary alicyclic amines) is 1. The van der Waals surface area contributed by atoms with Crippen LogP contribution in [0.5, 0.6) is 0 Å². The molecule has 5 heterocycles. The van der Waals surface area contributed by atoms with Gasteiger partial charge in [0.05, 0.1) is 12.2 Å². The third-order valence-corrected chi connectivity index (χ3v) is 5.89. The summed E-state index contributed by atoms with van der Waals surface area (Å²) in [7, 11) is 0. The number of aromatic nitrogens is 5. The minimum absolute atomic E-state index is 0.0116. The average molecular weight is 355 g/mol. The molecule has 0 N–H and O–H groups in total. The summed E-state index contributed by atoms with van der Waals surface area (Å²) in [4.78, 5) is 21.8. The number of amides is 1. The van der Waals surface area contributed by atoms with Crippen LogP contribution in [0.1, 0.15) is 23.3 Å². The van der Waals surface area contributed by atoms with E-state index >= 15 is 0 Å². The lowest BCUT2D eigenvalue weighted by Crippen LogP contribution is -2.48. The Morgan fingerprint density at radius 1 is 1.28 bits per heavy atom. The normalized spacial score (nSPS) is 23.2. The van der Waals surface area contributed by atoms with Gasteiger partial charge >= 0.3 is 0 Å². The van der Waals surface area contributed by atoms with Crippen molar-refractivity contribution in [3.8, 4) is 0 Å². The Hall–Kier alpha value is -2.55. The Labute approximate surface area is 148 Å². The van der Waals surface area contributed by atoms with E-state index in [0.717, 1.165) is 37.6 Å². The van der Waals surface area contributed by atoms with Crippen LogP contribution in [0, 0.1) is 5.92 Å². The highest BCUT2D eigenvalue weighted by Gasteiger charge is 2.42. The fourth-order valence-corrected chi connectivity index (χ4v) is 4.55. The minimum atomic E-state index is 0.0116. The summed E-state index contributed by atoms with van der Waals surface area (Å²) in [5.74, 6) is 0.498.